The Morgan fingerprint density at radius 3 is 1.35 bits per heavy atom. The molecular weight excluding hydrogens is 863 g/mol. The van der Waals surface area contributed by atoms with Gasteiger partial charge in [0.05, 0.1) is 27.8 Å². The zero-order chi connectivity index (χ0) is 47.2. The first-order valence-corrected chi connectivity index (χ1v) is 24.3. The topological polar surface area (TPSA) is 46.8 Å². The minimum Gasteiger partial charge on any atom is -0.310 e. The van der Waals surface area contributed by atoms with Gasteiger partial charge in [-0.05, 0) is 123 Å². The quantitative estimate of drug-likeness (QED) is 0.156. The molecule has 0 atom stereocenters. The molecule has 0 radical (unpaired) electrons. The highest BCUT2D eigenvalue weighted by Gasteiger charge is 2.47. The van der Waals surface area contributed by atoms with Crippen LogP contribution in [0, 0.1) is 13.8 Å². The van der Waals surface area contributed by atoms with E-state index in [-0.39, 0.29) is 0 Å². The number of fused-ring (bicyclic) bond motifs is 11. The maximum atomic E-state index is 5.30. The molecule has 11 aromatic carbocycles. The summed E-state index contributed by atoms with van der Waals surface area (Å²) < 4.78 is 2.17. The monoisotopic (exact) mass is 907 g/mol. The third-order valence-electron chi connectivity index (χ3n) is 14.8. The molecule has 1 aliphatic heterocycles. The molecule has 71 heavy (non-hydrogen) atoms. The molecule has 0 spiro atoms. The molecule has 0 unspecified atom stereocenters. The van der Waals surface area contributed by atoms with Crippen LogP contribution < -0.4 is 4.90 Å². The fraction of sp³-hybridized carbons (Fsp3) is 0.0455. The highest BCUT2D eigenvalue weighted by atomic mass is 15.2. The first-order chi connectivity index (χ1) is 35.0. The summed E-state index contributed by atoms with van der Waals surface area (Å²) in [7, 11) is 0. The Labute approximate surface area is 411 Å². The molecular formula is C66H45N5. The Hall–Kier alpha value is -9.19. The lowest BCUT2D eigenvalue weighted by molar-refractivity contribution is 0.732. The highest BCUT2D eigenvalue weighted by molar-refractivity contribution is 6.26. The van der Waals surface area contributed by atoms with Crippen molar-refractivity contribution in [1.29, 1.82) is 0 Å². The molecule has 0 saturated carbocycles. The van der Waals surface area contributed by atoms with E-state index in [1.165, 1.54) is 65.7 Å². The van der Waals surface area contributed by atoms with Crippen LogP contribution in [0.4, 0.5) is 17.1 Å². The lowest BCUT2D eigenvalue weighted by Gasteiger charge is -2.47. The summed E-state index contributed by atoms with van der Waals surface area (Å²) in [6.45, 7) is 4.35. The van der Waals surface area contributed by atoms with E-state index in [1.807, 2.05) is 18.2 Å². The van der Waals surface area contributed by atoms with Crippen LogP contribution in [-0.4, -0.2) is 19.5 Å². The molecule has 0 fully saturated rings. The van der Waals surface area contributed by atoms with Crippen molar-refractivity contribution in [2.45, 2.75) is 19.3 Å². The van der Waals surface area contributed by atoms with Crippen molar-refractivity contribution >= 4 is 71.2 Å². The summed E-state index contributed by atoms with van der Waals surface area (Å²) in [4.78, 5) is 18.2. The molecule has 2 aromatic heterocycles. The van der Waals surface area contributed by atoms with Crippen LogP contribution >= 0.6 is 0 Å². The van der Waals surface area contributed by atoms with Crippen molar-refractivity contribution in [3.8, 4) is 28.7 Å². The summed E-state index contributed by atoms with van der Waals surface area (Å²) in [5.41, 5.74) is 13.9. The van der Waals surface area contributed by atoms with E-state index in [4.69, 9.17) is 15.0 Å². The molecule has 0 aliphatic carbocycles. The number of rotatable bonds is 6. The summed E-state index contributed by atoms with van der Waals surface area (Å²) in [5, 5.41) is 9.74. The van der Waals surface area contributed by atoms with Crippen molar-refractivity contribution in [3.05, 3.63) is 270 Å². The molecule has 5 nitrogen and oxygen atoms in total. The minimum absolute atomic E-state index is 0.574. The fourth-order valence-corrected chi connectivity index (χ4v) is 11.6. The zero-order valence-corrected chi connectivity index (χ0v) is 39.3. The predicted octanol–water partition coefficient (Wildman–Crippen LogP) is 16.5. The van der Waals surface area contributed by atoms with Crippen molar-refractivity contribution in [2.24, 2.45) is 0 Å². The smallest absolute Gasteiger partial charge is 0.238 e. The van der Waals surface area contributed by atoms with Gasteiger partial charge in [0, 0.05) is 27.6 Å². The Morgan fingerprint density at radius 2 is 0.789 bits per heavy atom. The highest BCUT2D eigenvalue weighted by Crippen LogP contribution is 2.59. The predicted molar refractivity (Wildman–Crippen MR) is 294 cm³/mol. The summed E-state index contributed by atoms with van der Waals surface area (Å²) in [5.74, 6) is 1.79. The van der Waals surface area contributed by atoms with Gasteiger partial charge in [-0.25, -0.2) is 4.98 Å². The molecule has 0 bridgehead atoms. The molecule has 0 amide bonds. The van der Waals surface area contributed by atoms with Crippen molar-refractivity contribution in [3.63, 3.8) is 0 Å². The third kappa shape index (κ3) is 6.22. The van der Waals surface area contributed by atoms with Gasteiger partial charge in [-0.2, -0.15) is 9.97 Å². The fourth-order valence-electron chi connectivity index (χ4n) is 11.6. The third-order valence-corrected chi connectivity index (χ3v) is 14.8. The van der Waals surface area contributed by atoms with Gasteiger partial charge in [-0.1, -0.05) is 193 Å². The van der Waals surface area contributed by atoms with Gasteiger partial charge >= 0.3 is 0 Å². The number of anilines is 3. The number of hydrogen-bond acceptors (Lipinski definition) is 4. The van der Waals surface area contributed by atoms with Crippen molar-refractivity contribution in [2.75, 3.05) is 4.90 Å². The number of nitrogens with zero attached hydrogens (tertiary/aromatic N) is 5. The molecule has 5 heteroatoms. The van der Waals surface area contributed by atoms with Crippen LogP contribution in [0.5, 0.6) is 0 Å². The van der Waals surface area contributed by atoms with Crippen LogP contribution in [0.2, 0.25) is 0 Å². The molecule has 14 rings (SSSR count). The summed E-state index contributed by atoms with van der Waals surface area (Å²) in [6, 6.07) is 86.2. The second-order valence-electron chi connectivity index (χ2n) is 18.9. The van der Waals surface area contributed by atoms with E-state index >= 15 is 0 Å². The lowest BCUT2D eigenvalue weighted by atomic mass is 9.62. The Kier molecular flexibility index (Phi) is 9.17. The minimum atomic E-state index is -0.660. The SMILES string of the molecule is Cc1ccc(C2(c3ccc(C)cc3)c3ccccc3N(c3ccc(-c4nc(-c5ccccc5)nc(-n5c6ccccc6c6ccccc65)n4)cc3)c3cc4c5ccccc5c5ccccc5c4cc32)cc1. The Balaban J connectivity index is 1.02. The molecule has 0 saturated heterocycles. The summed E-state index contributed by atoms with van der Waals surface area (Å²) >= 11 is 0. The van der Waals surface area contributed by atoms with E-state index in [0.29, 0.717) is 17.6 Å². The number of aromatic nitrogens is 4. The second kappa shape index (κ2) is 15.9. The normalized spacial score (nSPS) is 13.0. The van der Waals surface area contributed by atoms with Gasteiger partial charge in [0.1, 0.15) is 0 Å². The van der Waals surface area contributed by atoms with Crippen molar-refractivity contribution < 1.29 is 0 Å². The molecule has 3 heterocycles. The average Bonchev–Trinajstić information content (AvgIpc) is 3.77. The van der Waals surface area contributed by atoms with Crippen LogP contribution in [-0.2, 0) is 5.41 Å². The van der Waals surface area contributed by atoms with Crippen LogP contribution in [0.1, 0.15) is 33.4 Å². The van der Waals surface area contributed by atoms with E-state index in [1.54, 1.807) is 0 Å². The van der Waals surface area contributed by atoms with Gasteiger partial charge in [-0.3, -0.25) is 4.57 Å². The molecule has 1 aliphatic rings. The Bertz CT molecular complexity index is 4130. The Morgan fingerprint density at radius 1 is 0.338 bits per heavy atom. The van der Waals surface area contributed by atoms with E-state index < -0.39 is 5.41 Å². The molecule has 0 N–H and O–H groups in total. The number of hydrogen-bond donors (Lipinski definition) is 0. The zero-order valence-electron chi connectivity index (χ0n) is 39.3. The van der Waals surface area contributed by atoms with Gasteiger partial charge in [0.15, 0.2) is 11.6 Å². The summed E-state index contributed by atoms with van der Waals surface area (Å²) in [6.07, 6.45) is 0. The van der Waals surface area contributed by atoms with Gasteiger partial charge in [0.25, 0.3) is 0 Å². The number of benzene rings is 11. The van der Waals surface area contributed by atoms with Gasteiger partial charge in [-0.15, -0.1) is 0 Å². The van der Waals surface area contributed by atoms with E-state index in [2.05, 4.69) is 242 Å². The van der Waals surface area contributed by atoms with Gasteiger partial charge in [0.2, 0.25) is 5.95 Å². The van der Waals surface area contributed by atoms with Crippen molar-refractivity contribution in [1.82, 2.24) is 19.5 Å². The maximum Gasteiger partial charge on any atom is 0.238 e. The molecule has 334 valence electrons. The number of para-hydroxylation sites is 3. The van der Waals surface area contributed by atoms with Crippen LogP contribution in [0.25, 0.3) is 82.8 Å². The standard InChI is InChI=1S/C66H45N5/c1-42-28-34-46(35-29-42)66(47-36-30-43(2)31-37-47)57-24-12-15-27-61(57)70(62-41-56-52-21-9-7-19-50(52)49-18-6-8-20-51(49)55(56)40-58(62)66)48-38-32-45(33-39-48)64-67-63(44-16-4-3-5-17-44)68-65(69-64)71-59-25-13-10-22-53(59)54-23-11-14-26-60(54)71/h3-41H,1-2H3. The number of aryl methyl sites for hydroxylation is 2. The molecule has 13 aromatic rings. The lowest BCUT2D eigenvalue weighted by Crippen LogP contribution is -2.37. The maximum absolute atomic E-state index is 5.30. The van der Waals surface area contributed by atoms with Crippen LogP contribution in [0.3, 0.4) is 0 Å². The second-order valence-corrected chi connectivity index (χ2v) is 18.9. The van der Waals surface area contributed by atoms with Crippen LogP contribution in [0.15, 0.2) is 237 Å². The van der Waals surface area contributed by atoms with E-state index in [0.717, 1.165) is 50.0 Å². The van der Waals surface area contributed by atoms with E-state index in [9.17, 15) is 0 Å². The largest absolute Gasteiger partial charge is 0.310 e. The first-order valence-electron chi connectivity index (χ1n) is 24.3. The first kappa shape index (κ1) is 40.8. The van der Waals surface area contributed by atoms with Gasteiger partial charge < -0.3 is 4.90 Å². The average molecular weight is 908 g/mol.